The number of aromatic amines is 1. The van der Waals surface area contributed by atoms with Crippen LogP contribution >= 0.6 is 28.1 Å². The maximum absolute atomic E-state index is 13.8. The highest BCUT2D eigenvalue weighted by Gasteiger charge is 2.13. The van der Waals surface area contributed by atoms with Crippen molar-refractivity contribution < 1.29 is 9.13 Å². The molecule has 0 aliphatic carbocycles. The lowest BCUT2D eigenvalue weighted by Crippen LogP contribution is -1.98. The fraction of sp³-hybridized carbons (Fsp3) is 0.0714. The number of hydrogen-bond donors (Lipinski definition) is 1. The number of benzene rings is 2. The van der Waals surface area contributed by atoms with Crippen LogP contribution in [0.15, 0.2) is 40.9 Å². The van der Waals surface area contributed by atoms with Crippen LogP contribution in [0.25, 0.3) is 16.7 Å². The second kappa shape index (κ2) is 5.03. The fourth-order valence-corrected chi connectivity index (χ4v) is 2.82. The lowest BCUT2D eigenvalue weighted by atomic mass is 10.2. The van der Waals surface area contributed by atoms with Gasteiger partial charge in [-0.3, -0.25) is 4.57 Å². The molecule has 3 rings (SSSR count). The number of ether oxygens (including phenoxy) is 1. The van der Waals surface area contributed by atoms with E-state index in [1.54, 1.807) is 17.7 Å². The first-order valence-electron chi connectivity index (χ1n) is 5.85. The molecule has 3 aromatic rings. The normalized spacial score (nSPS) is 10.9. The molecular formula is C14H10BrFN2OS. The van der Waals surface area contributed by atoms with E-state index in [-0.39, 0.29) is 5.82 Å². The molecular weight excluding hydrogens is 343 g/mol. The van der Waals surface area contributed by atoms with E-state index in [0.29, 0.717) is 21.6 Å². The fourth-order valence-electron chi connectivity index (χ4n) is 2.17. The van der Waals surface area contributed by atoms with Crippen molar-refractivity contribution >= 4 is 39.2 Å². The van der Waals surface area contributed by atoms with Crippen LogP contribution in [0, 0.1) is 10.6 Å². The van der Waals surface area contributed by atoms with Gasteiger partial charge in [0.15, 0.2) is 4.77 Å². The van der Waals surface area contributed by atoms with Gasteiger partial charge in [0.2, 0.25) is 0 Å². The van der Waals surface area contributed by atoms with Crippen molar-refractivity contribution in [1.29, 1.82) is 0 Å². The van der Waals surface area contributed by atoms with Crippen molar-refractivity contribution in [3.63, 3.8) is 0 Å². The molecule has 0 aliphatic rings. The second-order valence-corrected chi connectivity index (χ2v) is 5.52. The van der Waals surface area contributed by atoms with Crippen LogP contribution in [0.2, 0.25) is 0 Å². The largest absolute Gasteiger partial charge is 0.495 e. The van der Waals surface area contributed by atoms with Crippen LogP contribution in [-0.2, 0) is 0 Å². The van der Waals surface area contributed by atoms with Crippen LogP contribution in [0.1, 0.15) is 0 Å². The zero-order chi connectivity index (χ0) is 14.3. The number of hydrogen-bond acceptors (Lipinski definition) is 2. The Morgan fingerprint density at radius 3 is 2.85 bits per heavy atom. The molecule has 102 valence electrons. The summed E-state index contributed by atoms with van der Waals surface area (Å²) in [7, 11) is 1.59. The first kappa shape index (κ1) is 13.3. The van der Waals surface area contributed by atoms with E-state index in [9.17, 15) is 4.39 Å². The summed E-state index contributed by atoms with van der Waals surface area (Å²) in [6.07, 6.45) is 0. The van der Waals surface area contributed by atoms with Crippen LogP contribution in [0.4, 0.5) is 4.39 Å². The van der Waals surface area contributed by atoms with Crippen molar-refractivity contribution in [3.05, 3.63) is 51.5 Å². The molecule has 0 radical (unpaired) electrons. The molecule has 1 aromatic heterocycles. The van der Waals surface area contributed by atoms with Crippen LogP contribution in [0.3, 0.4) is 0 Å². The molecule has 0 aliphatic heterocycles. The Hall–Kier alpha value is -1.66. The van der Waals surface area contributed by atoms with E-state index >= 15 is 0 Å². The van der Waals surface area contributed by atoms with Gasteiger partial charge in [-0.2, -0.15) is 0 Å². The molecule has 0 bridgehead atoms. The predicted molar refractivity (Wildman–Crippen MR) is 82.7 cm³/mol. The topological polar surface area (TPSA) is 29.9 Å². The summed E-state index contributed by atoms with van der Waals surface area (Å²) < 4.78 is 22.3. The lowest BCUT2D eigenvalue weighted by Gasteiger charge is -2.10. The monoisotopic (exact) mass is 352 g/mol. The van der Waals surface area contributed by atoms with E-state index in [1.165, 1.54) is 6.07 Å². The zero-order valence-corrected chi connectivity index (χ0v) is 12.9. The minimum absolute atomic E-state index is 0.332. The summed E-state index contributed by atoms with van der Waals surface area (Å²) in [5.41, 5.74) is 1.81. The molecule has 0 unspecified atom stereocenters. The van der Waals surface area contributed by atoms with E-state index in [1.807, 2.05) is 24.3 Å². The number of fused-ring (bicyclic) bond motifs is 1. The third-order valence-electron chi connectivity index (χ3n) is 3.05. The number of imidazole rings is 1. The summed E-state index contributed by atoms with van der Waals surface area (Å²) >= 11 is 8.74. The number of rotatable bonds is 2. The summed E-state index contributed by atoms with van der Waals surface area (Å²) in [5, 5.41) is 0. The molecule has 6 heteroatoms. The van der Waals surface area contributed by atoms with Gasteiger partial charge in [0.1, 0.15) is 17.1 Å². The standard InChI is InChI=1S/C14H10BrFN2OS/c1-19-12-6-5-8(15)7-11(12)18-10-4-2-3-9(16)13(10)17-14(18)20/h2-7H,1H3,(H,17,20). The van der Waals surface area contributed by atoms with Gasteiger partial charge in [0.25, 0.3) is 0 Å². The van der Waals surface area contributed by atoms with E-state index in [0.717, 1.165) is 10.2 Å². The summed E-state index contributed by atoms with van der Waals surface area (Å²) in [4.78, 5) is 2.90. The molecule has 2 aromatic carbocycles. The van der Waals surface area contributed by atoms with Gasteiger partial charge in [0.05, 0.1) is 18.3 Å². The minimum Gasteiger partial charge on any atom is -0.495 e. The van der Waals surface area contributed by atoms with Gasteiger partial charge in [-0.15, -0.1) is 0 Å². The number of para-hydroxylation sites is 1. The van der Waals surface area contributed by atoms with Crippen LogP contribution < -0.4 is 4.74 Å². The second-order valence-electron chi connectivity index (χ2n) is 4.22. The number of methoxy groups -OCH3 is 1. The maximum Gasteiger partial charge on any atom is 0.182 e. The Balaban J connectivity index is 2.41. The van der Waals surface area contributed by atoms with Crippen LogP contribution in [0.5, 0.6) is 5.75 Å². The Kier molecular flexibility index (Phi) is 3.35. The van der Waals surface area contributed by atoms with E-state index in [4.69, 9.17) is 17.0 Å². The van der Waals surface area contributed by atoms with Gasteiger partial charge in [-0.25, -0.2) is 4.39 Å². The van der Waals surface area contributed by atoms with Gasteiger partial charge in [-0.1, -0.05) is 22.0 Å². The molecule has 0 atom stereocenters. The van der Waals surface area contributed by atoms with Crippen molar-refractivity contribution in [2.45, 2.75) is 0 Å². The van der Waals surface area contributed by atoms with Gasteiger partial charge < -0.3 is 9.72 Å². The zero-order valence-electron chi connectivity index (χ0n) is 10.5. The Bertz CT molecular complexity index is 856. The number of aromatic nitrogens is 2. The van der Waals surface area contributed by atoms with Crippen molar-refractivity contribution in [2.24, 2.45) is 0 Å². The quantitative estimate of drug-likeness (QED) is 0.683. The van der Waals surface area contributed by atoms with Gasteiger partial charge in [0, 0.05) is 4.47 Å². The van der Waals surface area contributed by atoms with Gasteiger partial charge in [-0.05, 0) is 42.5 Å². The molecule has 0 fully saturated rings. The Morgan fingerprint density at radius 1 is 1.30 bits per heavy atom. The van der Waals surface area contributed by atoms with Crippen molar-refractivity contribution in [2.75, 3.05) is 7.11 Å². The first-order chi connectivity index (χ1) is 9.61. The Labute approximate surface area is 128 Å². The number of H-pyrrole nitrogens is 1. The first-order valence-corrected chi connectivity index (χ1v) is 7.05. The number of nitrogens with zero attached hydrogens (tertiary/aromatic N) is 1. The molecule has 0 amide bonds. The Morgan fingerprint density at radius 2 is 2.10 bits per heavy atom. The summed E-state index contributed by atoms with van der Waals surface area (Å²) in [6.45, 7) is 0. The SMILES string of the molecule is COc1ccc(Br)cc1-n1c(=S)[nH]c2c(F)cccc21. The highest BCUT2D eigenvalue weighted by Crippen LogP contribution is 2.30. The smallest absolute Gasteiger partial charge is 0.182 e. The minimum atomic E-state index is -0.332. The molecule has 20 heavy (non-hydrogen) atoms. The highest BCUT2D eigenvalue weighted by atomic mass is 79.9. The third kappa shape index (κ3) is 2.05. The van der Waals surface area contributed by atoms with Crippen LogP contribution in [-0.4, -0.2) is 16.7 Å². The predicted octanol–water partition coefficient (Wildman–Crippen LogP) is 4.60. The molecule has 0 saturated heterocycles. The number of nitrogens with one attached hydrogen (secondary N) is 1. The lowest BCUT2D eigenvalue weighted by molar-refractivity contribution is 0.413. The molecule has 0 spiro atoms. The average Bonchev–Trinajstić information content (AvgIpc) is 2.76. The number of halogens is 2. The highest BCUT2D eigenvalue weighted by molar-refractivity contribution is 9.10. The van der Waals surface area contributed by atoms with Gasteiger partial charge >= 0.3 is 0 Å². The van der Waals surface area contributed by atoms with E-state index in [2.05, 4.69) is 20.9 Å². The summed E-state index contributed by atoms with van der Waals surface area (Å²) in [5.74, 6) is 0.329. The summed E-state index contributed by atoms with van der Waals surface area (Å²) in [6, 6.07) is 10.5. The molecule has 3 nitrogen and oxygen atoms in total. The molecule has 1 N–H and O–H groups in total. The van der Waals surface area contributed by atoms with Crippen molar-refractivity contribution in [3.8, 4) is 11.4 Å². The van der Waals surface area contributed by atoms with Crippen molar-refractivity contribution in [1.82, 2.24) is 9.55 Å². The molecule has 1 heterocycles. The third-order valence-corrected chi connectivity index (χ3v) is 3.83. The maximum atomic E-state index is 13.8. The molecule has 0 saturated carbocycles. The van der Waals surface area contributed by atoms with E-state index < -0.39 is 0 Å². The average molecular weight is 353 g/mol.